The number of carbonyl (C=O) groups is 2. The fraction of sp³-hybridized carbons (Fsp3) is 0.833. The van der Waals surface area contributed by atoms with Crippen molar-refractivity contribution in [2.24, 2.45) is 0 Å². The van der Waals surface area contributed by atoms with Gasteiger partial charge in [-0.15, -0.1) is 0 Å². The van der Waals surface area contributed by atoms with Crippen LogP contribution in [0.1, 0.15) is 26.2 Å². The molecule has 0 saturated carbocycles. The number of carbonyl (C=O) groups excluding carboxylic acids is 1. The van der Waals surface area contributed by atoms with E-state index in [-0.39, 0.29) is 18.1 Å². The highest BCUT2D eigenvalue weighted by atomic mass is 16.5. The summed E-state index contributed by atoms with van der Waals surface area (Å²) < 4.78 is 5.56. The largest absolute Gasteiger partial charge is 0.480 e. The van der Waals surface area contributed by atoms with Crippen LogP contribution in [0.4, 0.5) is 0 Å². The molecule has 2 rings (SSSR count). The minimum absolute atomic E-state index is 0.0258. The fourth-order valence-corrected chi connectivity index (χ4v) is 2.38. The average Bonchev–Trinajstić information content (AvgIpc) is 2.33. The highest BCUT2D eigenvalue weighted by Crippen LogP contribution is 2.19. The first-order valence-corrected chi connectivity index (χ1v) is 6.39. The Morgan fingerprint density at radius 2 is 2.17 bits per heavy atom. The maximum atomic E-state index is 12.0. The van der Waals surface area contributed by atoms with E-state index in [9.17, 15) is 9.59 Å². The first-order chi connectivity index (χ1) is 8.52. The second kappa shape index (κ2) is 5.24. The Hall–Kier alpha value is -1.14. The third-order valence-corrected chi connectivity index (χ3v) is 3.65. The number of carboxylic acids is 1. The highest BCUT2D eigenvalue weighted by molar-refractivity contribution is 5.84. The predicted molar refractivity (Wildman–Crippen MR) is 64.2 cm³/mol. The van der Waals surface area contributed by atoms with E-state index in [2.05, 4.69) is 5.32 Å². The second-order valence-electron chi connectivity index (χ2n) is 5.28. The van der Waals surface area contributed by atoms with E-state index in [1.54, 1.807) is 0 Å². The number of nitrogens with one attached hydrogen (secondary N) is 1. The van der Waals surface area contributed by atoms with Crippen molar-refractivity contribution in [3.05, 3.63) is 0 Å². The van der Waals surface area contributed by atoms with Crippen LogP contribution in [0.15, 0.2) is 0 Å². The third-order valence-electron chi connectivity index (χ3n) is 3.65. The fourth-order valence-electron chi connectivity index (χ4n) is 2.38. The molecule has 2 fully saturated rings. The van der Waals surface area contributed by atoms with Crippen LogP contribution in [0.3, 0.4) is 0 Å². The quantitative estimate of drug-likeness (QED) is 0.730. The molecule has 0 aliphatic carbocycles. The van der Waals surface area contributed by atoms with E-state index in [4.69, 9.17) is 9.84 Å². The number of carboxylic acid groups (broad SMARTS) is 1. The lowest BCUT2D eigenvalue weighted by atomic mass is 10.00. The van der Waals surface area contributed by atoms with E-state index in [1.807, 2.05) is 6.92 Å². The van der Waals surface area contributed by atoms with Crippen LogP contribution in [0.2, 0.25) is 0 Å². The number of likely N-dealkylation sites (tertiary alicyclic amines) is 1. The Bertz CT molecular complexity index is 341. The van der Waals surface area contributed by atoms with Crippen molar-refractivity contribution in [2.45, 2.75) is 37.8 Å². The number of rotatable bonds is 4. The monoisotopic (exact) mass is 256 g/mol. The molecule has 1 amide bonds. The van der Waals surface area contributed by atoms with Crippen LogP contribution in [0, 0.1) is 0 Å². The first-order valence-electron chi connectivity index (χ1n) is 6.39. The van der Waals surface area contributed by atoms with Crippen LogP contribution in [-0.4, -0.2) is 59.8 Å². The summed E-state index contributed by atoms with van der Waals surface area (Å²) in [6, 6.07) is -0.679. The Kier molecular flexibility index (Phi) is 3.87. The van der Waals surface area contributed by atoms with Gasteiger partial charge in [0.05, 0.1) is 5.60 Å². The summed E-state index contributed by atoms with van der Waals surface area (Å²) in [7, 11) is 0. The van der Waals surface area contributed by atoms with Crippen molar-refractivity contribution in [3.8, 4) is 0 Å². The van der Waals surface area contributed by atoms with Gasteiger partial charge in [-0.1, -0.05) is 0 Å². The van der Waals surface area contributed by atoms with Gasteiger partial charge in [-0.2, -0.15) is 0 Å². The lowest BCUT2D eigenvalue weighted by Crippen LogP contribution is -2.60. The summed E-state index contributed by atoms with van der Waals surface area (Å²) in [5, 5.41) is 12.2. The Morgan fingerprint density at radius 3 is 2.72 bits per heavy atom. The molecule has 1 unspecified atom stereocenters. The van der Waals surface area contributed by atoms with Gasteiger partial charge in [-0.25, -0.2) is 4.79 Å². The van der Waals surface area contributed by atoms with Gasteiger partial charge in [0.2, 0.25) is 5.91 Å². The van der Waals surface area contributed by atoms with Gasteiger partial charge in [-0.05, 0) is 26.2 Å². The molecule has 2 heterocycles. The average molecular weight is 256 g/mol. The molecule has 2 aliphatic rings. The van der Waals surface area contributed by atoms with Crippen molar-refractivity contribution in [1.82, 2.24) is 10.2 Å². The smallest absolute Gasteiger partial charge is 0.326 e. The SMILES string of the molecule is CC1(OCC(=O)N2CCCCC2C(=O)O)CNC1. The van der Waals surface area contributed by atoms with E-state index < -0.39 is 12.0 Å². The van der Waals surface area contributed by atoms with Crippen molar-refractivity contribution in [3.63, 3.8) is 0 Å². The maximum absolute atomic E-state index is 12.0. The maximum Gasteiger partial charge on any atom is 0.326 e. The van der Waals surface area contributed by atoms with E-state index in [0.717, 1.165) is 25.9 Å². The van der Waals surface area contributed by atoms with Crippen LogP contribution in [0.5, 0.6) is 0 Å². The molecule has 0 aromatic rings. The zero-order valence-corrected chi connectivity index (χ0v) is 10.6. The summed E-state index contributed by atoms with van der Waals surface area (Å²) in [6.45, 7) is 3.92. The molecule has 2 aliphatic heterocycles. The van der Waals surface area contributed by atoms with Gasteiger partial charge in [-0.3, -0.25) is 4.79 Å². The van der Waals surface area contributed by atoms with E-state index >= 15 is 0 Å². The topological polar surface area (TPSA) is 78.9 Å². The molecule has 0 bridgehead atoms. The molecule has 2 N–H and O–H groups in total. The lowest BCUT2D eigenvalue weighted by Gasteiger charge is -2.40. The zero-order valence-electron chi connectivity index (χ0n) is 10.6. The van der Waals surface area contributed by atoms with Gasteiger partial charge < -0.3 is 20.1 Å². The van der Waals surface area contributed by atoms with Crippen molar-refractivity contribution < 1.29 is 19.4 Å². The minimum atomic E-state index is -0.917. The highest BCUT2D eigenvalue weighted by Gasteiger charge is 2.36. The van der Waals surface area contributed by atoms with Crippen LogP contribution < -0.4 is 5.32 Å². The summed E-state index contributed by atoms with van der Waals surface area (Å²) in [4.78, 5) is 24.6. The van der Waals surface area contributed by atoms with E-state index in [0.29, 0.717) is 13.0 Å². The molecule has 102 valence electrons. The Labute approximate surface area is 106 Å². The molecular weight excluding hydrogens is 236 g/mol. The molecule has 6 nitrogen and oxygen atoms in total. The molecular formula is C12H20N2O4. The molecule has 0 aromatic carbocycles. The number of hydrogen-bond donors (Lipinski definition) is 2. The molecule has 0 aromatic heterocycles. The van der Waals surface area contributed by atoms with Crippen molar-refractivity contribution >= 4 is 11.9 Å². The molecule has 1 atom stereocenters. The molecule has 2 saturated heterocycles. The van der Waals surface area contributed by atoms with Gasteiger partial charge in [0, 0.05) is 19.6 Å². The summed E-state index contributed by atoms with van der Waals surface area (Å²) in [5.74, 6) is -1.13. The van der Waals surface area contributed by atoms with Crippen LogP contribution in [-0.2, 0) is 14.3 Å². The minimum Gasteiger partial charge on any atom is -0.480 e. The summed E-state index contributed by atoms with van der Waals surface area (Å²) in [6.07, 6.45) is 2.28. The summed E-state index contributed by atoms with van der Waals surface area (Å²) in [5.41, 5.74) is -0.274. The molecule has 0 radical (unpaired) electrons. The number of nitrogens with zero attached hydrogens (tertiary/aromatic N) is 1. The number of ether oxygens (including phenoxy) is 1. The van der Waals surface area contributed by atoms with Crippen molar-refractivity contribution in [1.29, 1.82) is 0 Å². The number of piperidine rings is 1. The van der Waals surface area contributed by atoms with Gasteiger partial charge in [0.1, 0.15) is 12.6 Å². The van der Waals surface area contributed by atoms with Gasteiger partial charge in [0.15, 0.2) is 0 Å². The summed E-state index contributed by atoms with van der Waals surface area (Å²) >= 11 is 0. The lowest BCUT2D eigenvalue weighted by molar-refractivity contribution is -0.158. The van der Waals surface area contributed by atoms with Crippen LogP contribution in [0.25, 0.3) is 0 Å². The molecule has 18 heavy (non-hydrogen) atoms. The second-order valence-corrected chi connectivity index (χ2v) is 5.28. The first kappa shape index (κ1) is 13.3. The Morgan fingerprint density at radius 1 is 1.44 bits per heavy atom. The van der Waals surface area contributed by atoms with Gasteiger partial charge >= 0.3 is 5.97 Å². The number of aliphatic carboxylic acids is 1. The Balaban J connectivity index is 1.87. The van der Waals surface area contributed by atoms with Crippen molar-refractivity contribution in [2.75, 3.05) is 26.2 Å². The predicted octanol–water partition coefficient (Wildman–Crippen LogP) is -0.169. The number of amides is 1. The zero-order chi connectivity index (χ0) is 13.2. The standard InChI is InChI=1S/C12H20N2O4/c1-12(7-13-8-12)18-6-10(15)14-5-3-2-4-9(14)11(16)17/h9,13H,2-8H2,1H3,(H,16,17). The van der Waals surface area contributed by atoms with E-state index in [1.165, 1.54) is 4.90 Å². The third kappa shape index (κ3) is 2.81. The van der Waals surface area contributed by atoms with Crippen LogP contribution >= 0.6 is 0 Å². The molecule has 0 spiro atoms. The normalized spacial score (nSPS) is 26.5. The number of hydrogen-bond acceptors (Lipinski definition) is 4. The molecule has 6 heteroatoms. The van der Waals surface area contributed by atoms with Gasteiger partial charge in [0.25, 0.3) is 0 Å².